The van der Waals surface area contributed by atoms with E-state index in [0.717, 1.165) is 11.3 Å². The van der Waals surface area contributed by atoms with Crippen molar-refractivity contribution in [3.63, 3.8) is 0 Å². The Bertz CT molecular complexity index is 530. The molecule has 0 radical (unpaired) electrons. The number of morpholine rings is 1. The summed E-state index contributed by atoms with van der Waals surface area (Å²) in [5.41, 5.74) is 2.27. The molecule has 5 heteroatoms. The Labute approximate surface area is 119 Å². The fourth-order valence-electron chi connectivity index (χ4n) is 2.29. The van der Waals surface area contributed by atoms with E-state index in [1.165, 1.54) is 0 Å². The van der Waals surface area contributed by atoms with Crippen LogP contribution in [-0.2, 0) is 9.53 Å². The SMILES string of the molecule is Cc1cccc(C#N)c1NC(C)C(=O)N1CCOCC1. The van der Waals surface area contributed by atoms with E-state index in [-0.39, 0.29) is 11.9 Å². The summed E-state index contributed by atoms with van der Waals surface area (Å²) in [5, 5.41) is 12.3. The molecule has 1 heterocycles. The molecule has 1 aliphatic heterocycles. The molecular weight excluding hydrogens is 254 g/mol. The van der Waals surface area contributed by atoms with Gasteiger partial charge < -0.3 is 15.0 Å². The van der Waals surface area contributed by atoms with Crippen LogP contribution in [-0.4, -0.2) is 43.2 Å². The molecule has 20 heavy (non-hydrogen) atoms. The average molecular weight is 273 g/mol. The first kappa shape index (κ1) is 14.4. The van der Waals surface area contributed by atoms with E-state index in [1.807, 2.05) is 26.0 Å². The molecule has 0 aliphatic carbocycles. The van der Waals surface area contributed by atoms with Gasteiger partial charge in [0, 0.05) is 13.1 Å². The van der Waals surface area contributed by atoms with Gasteiger partial charge in [-0.2, -0.15) is 5.26 Å². The number of anilines is 1. The van der Waals surface area contributed by atoms with Crippen molar-refractivity contribution in [3.05, 3.63) is 29.3 Å². The second-order valence-corrected chi connectivity index (χ2v) is 4.91. The third kappa shape index (κ3) is 3.09. The molecule has 1 aliphatic rings. The fourth-order valence-corrected chi connectivity index (χ4v) is 2.29. The van der Waals surface area contributed by atoms with Crippen molar-refractivity contribution >= 4 is 11.6 Å². The van der Waals surface area contributed by atoms with Gasteiger partial charge in [0.1, 0.15) is 12.1 Å². The van der Waals surface area contributed by atoms with Gasteiger partial charge in [-0.05, 0) is 25.5 Å². The van der Waals surface area contributed by atoms with Crippen molar-refractivity contribution in [2.24, 2.45) is 0 Å². The lowest BCUT2D eigenvalue weighted by Gasteiger charge is -2.30. The van der Waals surface area contributed by atoms with Gasteiger partial charge in [-0.3, -0.25) is 4.79 Å². The molecule has 1 fully saturated rings. The number of carbonyl (C=O) groups is 1. The standard InChI is InChI=1S/C15H19N3O2/c1-11-4-3-5-13(10-16)14(11)17-12(2)15(19)18-6-8-20-9-7-18/h3-5,12,17H,6-9H2,1-2H3. The van der Waals surface area contributed by atoms with Gasteiger partial charge in [0.2, 0.25) is 5.91 Å². The lowest BCUT2D eigenvalue weighted by molar-refractivity contribution is -0.135. The molecule has 0 spiro atoms. The number of nitrogens with one attached hydrogen (secondary N) is 1. The highest BCUT2D eigenvalue weighted by Crippen LogP contribution is 2.21. The first-order valence-electron chi connectivity index (χ1n) is 6.76. The second kappa shape index (κ2) is 6.40. The van der Waals surface area contributed by atoms with Crippen molar-refractivity contribution in [1.82, 2.24) is 4.90 Å². The molecular formula is C15H19N3O2. The number of carbonyl (C=O) groups excluding carboxylic acids is 1. The van der Waals surface area contributed by atoms with Gasteiger partial charge in [-0.1, -0.05) is 12.1 Å². The summed E-state index contributed by atoms with van der Waals surface area (Å²) in [6.45, 7) is 6.19. The number of hydrogen-bond donors (Lipinski definition) is 1. The van der Waals surface area contributed by atoms with Crippen LogP contribution in [0.15, 0.2) is 18.2 Å². The summed E-state index contributed by atoms with van der Waals surface area (Å²) < 4.78 is 5.25. The summed E-state index contributed by atoms with van der Waals surface area (Å²) in [6, 6.07) is 7.31. The number of ether oxygens (including phenoxy) is 1. The second-order valence-electron chi connectivity index (χ2n) is 4.91. The zero-order chi connectivity index (χ0) is 14.5. The van der Waals surface area contributed by atoms with Crippen LogP contribution in [0.25, 0.3) is 0 Å². The van der Waals surface area contributed by atoms with Crippen molar-refractivity contribution in [3.8, 4) is 6.07 Å². The Morgan fingerprint density at radius 1 is 1.45 bits per heavy atom. The molecule has 1 unspecified atom stereocenters. The number of aryl methyl sites for hydroxylation is 1. The van der Waals surface area contributed by atoms with Crippen LogP contribution in [0.4, 0.5) is 5.69 Å². The first-order chi connectivity index (χ1) is 9.63. The Morgan fingerprint density at radius 2 is 2.15 bits per heavy atom. The van der Waals surface area contributed by atoms with Gasteiger partial charge in [0.25, 0.3) is 0 Å². The maximum Gasteiger partial charge on any atom is 0.244 e. The number of para-hydroxylation sites is 1. The van der Waals surface area contributed by atoms with Crippen LogP contribution in [0.2, 0.25) is 0 Å². The summed E-state index contributed by atoms with van der Waals surface area (Å²) in [5.74, 6) is 0.0421. The van der Waals surface area contributed by atoms with Crippen LogP contribution in [0.5, 0.6) is 0 Å². The number of hydrogen-bond acceptors (Lipinski definition) is 4. The van der Waals surface area contributed by atoms with Crippen molar-refractivity contribution in [1.29, 1.82) is 5.26 Å². The van der Waals surface area contributed by atoms with Crippen molar-refractivity contribution in [2.45, 2.75) is 19.9 Å². The molecule has 1 amide bonds. The minimum absolute atomic E-state index is 0.0421. The lowest BCUT2D eigenvalue weighted by atomic mass is 10.1. The zero-order valence-electron chi connectivity index (χ0n) is 11.8. The third-order valence-corrected chi connectivity index (χ3v) is 3.45. The fraction of sp³-hybridized carbons (Fsp3) is 0.467. The summed E-state index contributed by atoms with van der Waals surface area (Å²) in [4.78, 5) is 14.1. The lowest BCUT2D eigenvalue weighted by Crippen LogP contribution is -2.47. The van der Waals surface area contributed by atoms with Gasteiger partial charge >= 0.3 is 0 Å². The molecule has 1 N–H and O–H groups in total. The molecule has 0 bridgehead atoms. The topological polar surface area (TPSA) is 65.4 Å². The highest BCUT2D eigenvalue weighted by molar-refractivity contribution is 5.85. The predicted molar refractivity (Wildman–Crippen MR) is 76.4 cm³/mol. The molecule has 2 rings (SSSR count). The van der Waals surface area contributed by atoms with Crippen LogP contribution in [0.3, 0.4) is 0 Å². The van der Waals surface area contributed by atoms with E-state index >= 15 is 0 Å². The van der Waals surface area contributed by atoms with E-state index in [1.54, 1.807) is 11.0 Å². The molecule has 5 nitrogen and oxygen atoms in total. The van der Waals surface area contributed by atoms with Gasteiger partial charge in [0.15, 0.2) is 0 Å². The number of nitriles is 1. The van der Waals surface area contributed by atoms with Gasteiger partial charge in [0.05, 0.1) is 24.5 Å². The predicted octanol–water partition coefficient (Wildman–Crippen LogP) is 1.53. The van der Waals surface area contributed by atoms with Gasteiger partial charge in [-0.25, -0.2) is 0 Å². The highest BCUT2D eigenvalue weighted by Gasteiger charge is 2.23. The Hall–Kier alpha value is -2.06. The van der Waals surface area contributed by atoms with Gasteiger partial charge in [-0.15, -0.1) is 0 Å². The van der Waals surface area contributed by atoms with Crippen molar-refractivity contribution in [2.75, 3.05) is 31.6 Å². The number of amides is 1. The molecule has 0 aromatic heterocycles. The Kier molecular flexibility index (Phi) is 4.59. The molecule has 1 atom stereocenters. The summed E-state index contributed by atoms with van der Waals surface area (Å²) in [7, 11) is 0. The van der Waals surface area contributed by atoms with E-state index in [4.69, 9.17) is 10.00 Å². The zero-order valence-corrected chi connectivity index (χ0v) is 11.8. The molecule has 0 saturated carbocycles. The van der Waals surface area contributed by atoms with E-state index in [0.29, 0.717) is 31.9 Å². The van der Waals surface area contributed by atoms with Crippen molar-refractivity contribution < 1.29 is 9.53 Å². The third-order valence-electron chi connectivity index (χ3n) is 3.45. The van der Waals surface area contributed by atoms with Crippen LogP contribution < -0.4 is 5.32 Å². The van der Waals surface area contributed by atoms with E-state index in [2.05, 4.69) is 11.4 Å². The number of rotatable bonds is 3. The molecule has 1 aromatic carbocycles. The number of benzene rings is 1. The average Bonchev–Trinajstić information content (AvgIpc) is 2.49. The van der Waals surface area contributed by atoms with Crippen LogP contribution in [0, 0.1) is 18.3 Å². The summed E-state index contributed by atoms with van der Waals surface area (Å²) >= 11 is 0. The maximum atomic E-state index is 12.3. The highest BCUT2D eigenvalue weighted by atomic mass is 16.5. The Balaban J connectivity index is 2.09. The first-order valence-corrected chi connectivity index (χ1v) is 6.76. The van der Waals surface area contributed by atoms with E-state index in [9.17, 15) is 4.79 Å². The normalized spacial score (nSPS) is 16.4. The van der Waals surface area contributed by atoms with Crippen LogP contribution >= 0.6 is 0 Å². The van der Waals surface area contributed by atoms with Crippen LogP contribution in [0.1, 0.15) is 18.1 Å². The Morgan fingerprint density at radius 3 is 2.80 bits per heavy atom. The van der Waals surface area contributed by atoms with E-state index < -0.39 is 0 Å². The number of nitrogens with zero attached hydrogens (tertiary/aromatic N) is 2. The monoisotopic (exact) mass is 273 g/mol. The summed E-state index contributed by atoms with van der Waals surface area (Å²) in [6.07, 6.45) is 0. The molecule has 1 aromatic rings. The minimum atomic E-state index is -0.360. The molecule has 106 valence electrons. The maximum absolute atomic E-state index is 12.3. The smallest absolute Gasteiger partial charge is 0.244 e. The minimum Gasteiger partial charge on any atom is -0.378 e. The largest absolute Gasteiger partial charge is 0.378 e. The molecule has 1 saturated heterocycles. The quantitative estimate of drug-likeness (QED) is 0.907.